The van der Waals surface area contributed by atoms with Crippen LogP contribution >= 0.6 is 0 Å². The first-order chi connectivity index (χ1) is 8.69. The van der Waals surface area contributed by atoms with Crippen LogP contribution in [0.5, 0.6) is 0 Å². The molecular weight excluding hydrogens is 235 g/mol. The molecule has 0 unspecified atom stereocenters. The van der Waals surface area contributed by atoms with Crippen LogP contribution < -0.4 is 10.6 Å². The van der Waals surface area contributed by atoms with E-state index in [1.165, 1.54) is 12.1 Å². The van der Waals surface area contributed by atoms with E-state index in [-0.39, 0.29) is 11.7 Å². The molecule has 1 aromatic carbocycles. The van der Waals surface area contributed by atoms with Crippen molar-refractivity contribution in [2.24, 2.45) is 10.9 Å². The lowest BCUT2D eigenvalue weighted by atomic mass is 10.2. The number of anilines is 1. The Hall–Kier alpha value is -1.82. The molecule has 1 saturated heterocycles. The lowest BCUT2D eigenvalue weighted by molar-refractivity contribution is 0.279. The van der Waals surface area contributed by atoms with Crippen molar-refractivity contribution < 1.29 is 9.60 Å². The zero-order chi connectivity index (χ0) is 13.0. The van der Waals surface area contributed by atoms with Crippen molar-refractivity contribution >= 4 is 11.5 Å². The summed E-state index contributed by atoms with van der Waals surface area (Å²) in [5.41, 5.74) is 6.50. The Kier molecular flexibility index (Phi) is 3.99. The van der Waals surface area contributed by atoms with Crippen molar-refractivity contribution in [1.82, 2.24) is 4.90 Å². The molecule has 3 N–H and O–H groups in total. The Morgan fingerprint density at radius 3 is 2.39 bits per heavy atom. The minimum absolute atomic E-state index is 0.218. The molecule has 0 atom stereocenters. The zero-order valence-corrected chi connectivity index (χ0v) is 10.1. The number of hydrogen-bond acceptors (Lipinski definition) is 4. The molecule has 0 aliphatic carbocycles. The summed E-state index contributed by atoms with van der Waals surface area (Å²) in [6, 6.07) is 6.51. The average Bonchev–Trinajstić information content (AvgIpc) is 2.40. The lowest BCUT2D eigenvalue weighted by Crippen LogP contribution is -2.48. The van der Waals surface area contributed by atoms with Gasteiger partial charge >= 0.3 is 0 Å². The number of oxime groups is 1. The molecule has 1 heterocycles. The number of benzene rings is 1. The van der Waals surface area contributed by atoms with Gasteiger partial charge in [0.2, 0.25) is 0 Å². The number of nitrogens with zero attached hydrogens (tertiary/aromatic N) is 3. The Morgan fingerprint density at radius 1 is 1.22 bits per heavy atom. The maximum atomic E-state index is 12.8. The van der Waals surface area contributed by atoms with Crippen LogP contribution in [0.1, 0.15) is 0 Å². The number of hydrogen-bond donors (Lipinski definition) is 2. The third-order valence-electron chi connectivity index (χ3n) is 3.08. The van der Waals surface area contributed by atoms with E-state index >= 15 is 0 Å². The molecule has 0 spiro atoms. The van der Waals surface area contributed by atoms with Gasteiger partial charge in [0.25, 0.3) is 0 Å². The molecule has 0 saturated carbocycles. The fraction of sp³-hybridized carbons (Fsp3) is 0.417. The Morgan fingerprint density at radius 2 is 1.83 bits per heavy atom. The minimum atomic E-state index is -0.218. The van der Waals surface area contributed by atoms with Crippen molar-refractivity contribution in [2.45, 2.75) is 0 Å². The van der Waals surface area contributed by atoms with Gasteiger partial charge < -0.3 is 15.8 Å². The number of rotatable bonds is 3. The van der Waals surface area contributed by atoms with Crippen molar-refractivity contribution in [2.75, 3.05) is 37.6 Å². The van der Waals surface area contributed by atoms with Crippen molar-refractivity contribution in [3.63, 3.8) is 0 Å². The zero-order valence-electron chi connectivity index (χ0n) is 10.1. The van der Waals surface area contributed by atoms with Gasteiger partial charge in [-0.05, 0) is 24.3 Å². The van der Waals surface area contributed by atoms with Crippen LogP contribution in [-0.2, 0) is 0 Å². The summed E-state index contributed by atoms with van der Waals surface area (Å²) in [5.74, 6) is 0.00884. The fourth-order valence-corrected chi connectivity index (χ4v) is 2.08. The van der Waals surface area contributed by atoms with Crippen LogP contribution in [0, 0.1) is 5.82 Å². The first-order valence-corrected chi connectivity index (χ1v) is 5.88. The van der Waals surface area contributed by atoms with E-state index in [1.807, 2.05) is 0 Å². The summed E-state index contributed by atoms with van der Waals surface area (Å²) in [7, 11) is 0. The Labute approximate surface area is 105 Å². The van der Waals surface area contributed by atoms with Gasteiger partial charge in [-0.1, -0.05) is 5.16 Å². The molecule has 1 aliphatic heterocycles. The smallest absolute Gasteiger partial charge is 0.153 e. The van der Waals surface area contributed by atoms with E-state index in [0.29, 0.717) is 6.54 Å². The molecular formula is C12H17FN4O. The third kappa shape index (κ3) is 3.10. The molecule has 98 valence electrons. The molecule has 1 aromatic rings. The van der Waals surface area contributed by atoms with Gasteiger partial charge in [0, 0.05) is 31.9 Å². The van der Waals surface area contributed by atoms with E-state index in [1.54, 1.807) is 12.1 Å². The SMILES string of the molecule is N/C(CN1CCN(c2ccc(F)cc2)CC1)=N\O. The van der Waals surface area contributed by atoms with Crippen molar-refractivity contribution in [3.05, 3.63) is 30.1 Å². The highest BCUT2D eigenvalue weighted by Crippen LogP contribution is 2.16. The second-order valence-corrected chi connectivity index (χ2v) is 4.33. The largest absolute Gasteiger partial charge is 0.409 e. The van der Waals surface area contributed by atoms with E-state index in [9.17, 15) is 4.39 Å². The molecule has 0 bridgehead atoms. The van der Waals surface area contributed by atoms with E-state index in [4.69, 9.17) is 10.9 Å². The summed E-state index contributed by atoms with van der Waals surface area (Å²) in [5, 5.41) is 11.5. The second kappa shape index (κ2) is 5.68. The normalized spacial score (nSPS) is 18.1. The number of amidine groups is 1. The topological polar surface area (TPSA) is 65.1 Å². The molecule has 5 nitrogen and oxygen atoms in total. The molecule has 6 heteroatoms. The molecule has 0 radical (unpaired) electrons. The third-order valence-corrected chi connectivity index (χ3v) is 3.08. The minimum Gasteiger partial charge on any atom is -0.409 e. The van der Waals surface area contributed by atoms with E-state index in [2.05, 4.69) is 15.0 Å². The van der Waals surface area contributed by atoms with Gasteiger partial charge in [-0.2, -0.15) is 0 Å². The highest BCUT2D eigenvalue weighted by Gasteiger charge is 2.17. The monoisotopic (exact) mass is 252 g/mol. The Balaban J connectivity index is 1.88. The first kappa shape index (κ1) is 12.6. The lowest BCUT2D eigenvalue weighted by Gasteiger charge is -2.35. The summed E-state index contributed by atoms with van der Waals surface area (Å²) in [6.07, 6.45) is 0. The summed E-state index contributed by atoms with van der Waals surface area (Å²) in [4.78, 5) is 4.32. The average molecular weight is 252 g/mol. The van der Waals surface area contributed by atoms with Gasteiger partial charge in [-0.25, -0.2) is 4.39 Å². The van der Waals surface area contributed by atoms with Crippen LogP contribution in [0.3, 0.4) is 0 Å². The summed E-state index contributed by atoms with van der Waals surface area (Å²) >= 11 is 0. The van der Waals surface area contributed by atoms with Crippen molar-refractivity contribution in [3.8, 4) is 0 Å². The highest BCUT2D eigenvalue weighted by atomic mass is 19.1. The van der Waals surface area contributed by atoms with Gasteiger partial charge in [-0.3, -0.25) is 4.90 Å². The second-order valence-electron chi connectivity index (χ2n) is 4.33. The maximum Gasteiger partial charge on any atom is 0.153 e. The molecule has 2 rings (SSSR count). The number of nitrogens with two attached hydrogens (primary N) is 1. The Bertz CT molecular complexity index is 413. The van der Waals surface area contributed by atoms with Crippen LogP contribution in [-0.4, -0.2) is 48.7 Å². The molecule has 1 fully saturated rings. The molecule has 18 heavy (non-hydrogen) atoms. The van der Waals surface area contributed by atoms with Gasteiger partial charge in [0.15, 0.2) is 5.84 Å². The molecule has 1 aliphatic rings. The van der Waals surface area contributed by atoms with Crippen LogP contribution in [0.25, 0.3) is 0 Å². The van der Waals surface area contributed by atoms with Crippen LogP contribution in [0.4, 0.5) is 10.1 Å². The van der Waals surface area contributed by atoms with Gasteiger partial charge in [0.1, 0.15) is 5.82 Å². The number of piperazine rings is 1. The van der Waals surface area contributed by atoms with Gasteiger partial charge in [0.05, 0.1) is 6.54 Å². The quantitative estimate of drug-likeness (QED) is 0.359. The molecule has 0 aromatic heterocycles. The van der Waals surface area contributed by atoms with E-state index in [0.717, 1.165) is 31.9 Å². The van der Waals surface area contributed by atoms with Crippen LogP contribution in [0.2, 0.25) is 0 Å². The predicted molar refractivity (Wildman–Crippen MR) is 68.5 cm³/mol. The van der Waals surface area contributed by atoms with Gasteiger partial charge in [-0.15, -0.1) is 0 Å². The fourth-order valence-electron chi connectivity index (χ4n) is 2.08. The van der Waals surface area contributed by atoms with Crippen molar-refractivity contribution in [1.29, 1.82) is 0 Å². The summed E-state index contributed by atoms with van der Waals surface area (Å²) < 4.78 is 12.8. The highest BCUT2D eigenvalue weighted by molar-refractivity contribution is 5.81. The molecule has 0 amide bonds. The first-order valence-electron chi connectivity index (χ1n) is 5.88. The standard InChI is InChI=1S/C12H17FN4O/c13-10-1-3-11(4-2-10)17-7-5-16(6-8-17)9-12(14)15-18/h1-4,18H,5-9H2,(H2,14,15). The number of halogens is 1. The predicted octanol–water partition coefficient (Wildman–Crippen LogP) is 0.694. The summed E-state index contributed by atoms with van der Waals surface area (Å²) in [6.45, 7) is 3.86. The van der Waals surface area contributed by atoms with Crippen LogP contribution in [0.15, 0.2) is 29.4 Å². The maximum absolute atomic E-state index is 12.8. The van der Waals surface area contributed by atoms with E-state index < -0.39 is 0 Å².